The summed E-state index contributed by atoms with van der Waals surface area (Å²) in [6.07, 6.45) is 0. The van der Waals surface area contributed by atoms with E-state index >= 15 is 0 Å². The molecule has 0 amide bonds. The van der Waals surface area contributed by atoms with Gasteiger partial charge in [-0.1, -0.05) is 0 Å². The van der Waals surface area contributed by atoms with E-state index in [4.69, 9.17) is 13.9 Å². The fourth-order valence-corrected chi connectivity index (χ4v) is 1.34. The van der Waals surface area contributed by atoms with E-state index in [9.17, 15) is 4.79 Å². The van der Waals surface area contributed by atoms with Crippen molar-refractivity contribution in [3.05, 3.63) is 34.7 Å². The summed E-state index contributed by atoms with van der Waals surface area (Å²) >= 11 is 0. The van der Waals surface area contributed by atoms with Crippen molar-refractivity contribution in [3.63, 3.8) is 0 Å². The summed E-state index contributed by atoms with van der Waals surface area (Å²) in [6.45, 7) is 0. The summed E-state index contributed by atoms with van der Waals surface area (Å²) in [6, 6.07) is 6.90. The van der Waals surface area contributed by atoms with Gasteiger partial charge in [0, 0.05) is 11.5 Å². The number of fused-ring (bicyclic) bond motifs is 1. The van der Waals surface area contributed by atoms with Crippen LogP contribution in [0.3, 0.4) is 0 Å². The van der Waals surface area contributed by atoms with Gasteiger partial charge in [-0.2, -0.15) is 0 Å². The highest BCUT2D eigenvalue weighted by Crippen LogP contribution is 2.21. The molecule has 0 bridgehead atoms. The fraction of sp³-hybridized carbons (Fsp3) is 0.182. The number of rotatable bonds is 2. The van der Waals surface area contributed by atoms with Crippen molar-refractivity contribution in [3.8, 4) is 11.5 Å². The standard InChI is InChI=1S/C11H10O4/c1-13-8-4-3-7-5-10(14-2)11(12)15-9(7)6-8/h3-6H,1-2H3. The van der Waals surface area contributed by atoms with Gasteiger partial charge in [-0.05, 0) is 18.2 Å². The Bertz CT molecular complexity index is 542. The summed E-state index contributed by atoms with van der Waals surface area (Å²) in [5, 5.41) is 0.798. The summed E-state index contributed by atoms with van der Waals surface area (Å²) < 4.78 is 15.0. The van der Waals surface area contributed by atoms with E-state index in [1.807, 2.05) is 0 Å². The Labute approximate surface area is 86.0 Å². The van der Waals surface area contributed by atoms with E-state index < -0.39 is 5.63 Å². The van der Waals surface area contributed by atoms with Crippen LogP contribution in [0.2, 0.25) is 0 Å². The Morgan fingerprint density at radius 3 is 2.60 bits per heavy atom. The SMILES string of the molecule is COc1ccc2cc(OC)c(=O)oc2c1. The molecule has 0 unspecified atom stereocenters. The lowest BCUT2D eigenvalue weighted by molar-refractivity contribution is 0.384. The van der Waals surface area contributed by atoms with Gasteiger partial charge in [-0.3, -0.25) is 0 Å². The third-order valence-electron chi connectivity index (χ3n) is 2.13. The summed E-state index contributed by atoms with van der Waals surface area (Å²) in [4.78, 5) is 11.3. The van der Waals surface area contributed by atoms with Crippen LogP contribution in [0.4, 0.5) is 0 Å². The molecule has 0 fully saturated rings. The van der Waals surface area contributed by atoms with Gasteiger partial charge < -0.3 is 13.9 Å². The van der Waals surface area contributed by atoms with Gasteiger partial charge in [0.15, 0.2) is 0 Å². The Kier molecular flexibility index (Phi) is 2.33. The zero-order valence-corrected chi connectivity index (χ0v) is 8.44. The third kappa shape index (κ3) is 1.66. The largest absolute Gasteiger partial charge is 0.497 e. The molecule has 0 aliphatic heterocycles. The van der Waals surface area contributed by atoms with E-state index in [2.05, 4.69) is 0 Å². The Hall–Kier alpha value is -1.97. The zero-order chi connectivity index (χ0) is 10.8. The lowest BCUT2D eigenvalue weighted by Gasteiger charge is -2.02. The normalized spacial score (nSPS) is 10.3. The van der Waals surface area contributed by atoms with Crippen molar-refractivity contribution >= 4 is 11.0 Å². The van der Waals surface area contributed by atoms with Gasteiger partial charge in [0.25, 0.3) is 0 Å². The highest BCUT2D eigenvalue weighted by Gasteiger charge is 2.05. The second-order valence-corrected chi connectivity index (χ2v) is 3.01. The van der Waals surface area contributed by atoms with E-state index in [-0.39, 0.29) is 5.75 Å². The summed E-state index contributed by atoms with van der Waals surface area (Å²) in [5.41, 5.74) is -0.00148. The first kappa shape index (κ1) is 9.58. The van der Waals surface area contributed by atoms with E-state index in [1.54, 1.807) is 31.4 Å². The van der Waals surface area contributed by atoms with Gasteiger partial charge in [-0.25, -0.2) is 4.79 Å². The number of benzene rings is 1. The predicted octanol–water partition coefficient (Wildman–Crippen LogP) is 1.81. The van der Waals surface area contributed by atoms with Crippen molar-refractivity contribution in [1.82, 2.24) is 0 Å². The van der Waals surface area contributed by atoms with Crippen LogP contribution >= 0.6 is 0 Å². The van der Waals surface area contributed by atoms with Crippen molar-refractivity contribution in [2.75, 3.05) is 14.2 Å². The van der Waals surface area contributed by atoms with Gasteiger partial charge in [0.1, 0.15) is 11.3 Å². The molecule has 0 spiro atoms. The maximum atomic E-state index is 11.3. The second kappa shape index (κ2) is 3.65. The summed E-state index contributed by atoms with van der Waals surface area (Å²) in [7, 11) is 2.99. The molecule has 0 saturated heterocycles. The molecule has 2 rings (SSSR count). The van der Waals surface area contributed by atoms with Crippen molar-refractivity contribution < 1.29 is 13.9 Å². The quantitative estimate of drug-likeness (QED) is 0.703. The molecule has 1 aromatic carbocycles. The average molecular weight is 206 g/mol. The lowest BCUT2D eigenvalue weighted by atomic mass is 10.2. The summed E-state index contributed by atoms with van der Waals surface area (Å²) in [5.74, 6) is 0.850. The maximum Gasteiger partial charge on any atom is 0.379 e. The molecule has 1 heterocycles. The van der Waals surface area contributed by atoms with Crippen LogP contribution in [-0.2, 0) is 0 Å². The first-order chi connectivity index (χ1) is 7.24. The molecule has 0 radical (unpaired) electrons. The van der Waals surface area contributed by atoms with Crippen LogP contribution < -0.4 is 15.1 Å². The van der Waals surface area contributed by atoms with Crippen molar-refractivity contribution in [1.29, 1.82) is 0 Å². The highest BCUT2D eigenvalue weighted by molar-refractivity contribution is 5.79. The molecule has 2 aromatic rings. The lowest BCUT2D eigenvalue weighted by Crippen LogP contribution is -2.02. The molecule has 0 aliphatic rings. The smallest absolute Gasteiger partial charge is 0.379 e. The van der Waals surface area contributed by atoms with Crippen molar-refractivity contribution in [2.24, 2.45) is 0 Å². The zero-order valence-electron chi connectivity index (χ0n) is 8.44. The van der Waals surface area contributed by atoms with Gasteiger partial charge in [0.05, 0.1) is 14.2 Å². The first-order valence-corrected chi connectivity index (χ1v) is 4.40. The fourth-order valence-electron chi connectivity index (χ4n) is 1.34. The monoisotopic (exact) mass is 206 g/mol. The maximum absolute atomic E-state index is 11.3. The highest BCUT2D eigenvalue weighted by atomic mass is 16.5. The first-order valence-electron chi connectivity index (χ1n) is 4.40. The average Bonchev–Trinajstić information content (AvgIpc) is 2.27. The van der Waals surface area contributed by atoms with E-state index in [0.29, 0.717) is 11.3 Å². The molecular weight excluding hydrogens is 196 g/mol. The molecule has 15 heavy (non-hydrogen) atoms. The molecule has 1 aromatic heterocycles. The van der Waals surface area contributed by atoms with Crippen LogP contribution in [0.15, 0.2) is 33.5 Å². The molecular formula is C11H10O4. The van der Waals surface area contributed by atoms with Crippen LogP contribution in [0.5, 0.6) is 11.5 Å². The molecule has 78 valence electrons. The Morgan fingerprint density at radius 1 is 1.13 bits per heavy atom. The van der Waals surface area contributed by atoms with Crippen LogP contribution in [0.1, 0.15) is 0 Å². The molecule has 0 aliphatic carbocycles. The number of hydrogen-bond acceptors (Lipinski definition) is 4. The Balaban J connectivity index is 2.70. The number of ether oxygens (including phenoxy) is 2. The topological polar surface area (TPSA) is 48.7 Å². The third-order valence-corrected chi connectivity index (χ3v) is 2.13. The second-order valence-electron chi connectivity index (χ2n) is 3.01. The molecule has 0 atom stereocenters. The molecule has 0 saturated carbocycles. The number of hydrogen-bond donors (Lipinski definition) is 0. The van der Waals surface area contributed by atoms with Gasteiger partial charge >= 0.3 is 5.63 Å². The van der Waals surface area contributed by atoms with Crippen LogP contribution in [0, 0.1) is 0 Å². The van der Waals surface area contributed by atoms with E-state index in [1.165, 1.54) is 7.11 Å². The minimum Gasteiger partial charge on any atom is -0.497 e. The van der Waals surface area contributed by atoms with E-state index in [0.717, 1.165) is 5.39 Å². The minimum atomic E-state index is -0.488. The Morgan fingerprint density at radius 2 is 1.93 bits per heavy atom. The molecule has 4 heteroatoms. The van der Waals surface area contributed by atoms with Crippen molar-refractivity contribution in [2.45, 2.75) is 0 Å². The molecule has 0 N–H and O–H groups in total. The number of methoxy groups -OCH3 is 2. The van der Waals surface area contributed by atoms with Gasteiger partial charge in [0.2, 0.25) is 5.75 Å². The molecule has 4 nitrogen and oxygen atoms in total. The minimum absolute atomic E-state index is 0.202. The van der Waals surface area contributed by atoms with Gasteiger partial charge in [-0.15, -0.1) is 0 Å². The van der Waals surface area contributed by atoms with Crippen LogP contribution in [-0.4, -0.2) is 14.2 Å². The van der Waals surface area contributed by atoms with Crippen LogP contribution in [0.25, 0.3) is 11.0 Å². The predicted molar refractivity (Wildman–Crippen MR) is 55.6 cm³/mol.